The molecule has 1 aliphatic heterocycles. The average Bonchev–Trinajstić information content (AvgIpc) is 3.53. The van der Waals surface area contributed by atoms with Gasteiger partial charge in [0.15, 0.2) is 0 Å². The van der Waals surface area contributed by atoms with Gasteiger partial charge < -0.3 is 20.5 Å². The number of pyridine rings is 2. The number of ether oxygens (including phenoxy) is 1. The van der Waals surface area contributed by atoms with Crippen LogP contribution >= 0.6 is 23.2 Å². The van der Waals surface area contributed by atoms with Crippen molar-refractivity contribution in [2.24, 2.45) is 0 Å². The van der Waals surface area contributed by atoms with Crippen molar-refractivity contribution < 1.29 is 19.4 Å². The van der Waals surface area contributed by atoms with Crippen LogP contribution in [0.15, 0.2) is 77.9 Å². The quantitative estimate of drug-likeness (QED) is 0.149. The van der Waals surface area contributed by atoms with Crippen LogP contribution in [0.5, 0.6) is 5.88 Å². The Bertz CT molecular complexity index is 2160. The van der Waals surface area contributed by atoms with Gasteiger partial charge in [0.25, 0.3) is 5.56 Å². The second-order valence-electron chi connectivity index (χ2n) is 12.3. The second kappa shape index (κ2) is 15.0. The van der Waals surface area contributed by atoms with Crippen molar-refractivity contribution in [3.63, 3.8) is 0 Å². The summed E-state index contributed by atoms with van der Waals surface area (Å²) in [6, 6.07) is 18.2. The van der Waals surface area contributed by atoms with E-state index in [9.17, 15) is 19.5 Å². The van der Waals surface area contributed by atoms with Crippen LogP contribution in [0.1, 0.15) is 30.9 Å². The number of hydrogen-bond acceptors (Lipinski definition) is 8. The number of nitrogens with zero attached hydrogens (tertiary/aromatic N) is 4. The van der Waals surface area contributed by atoms with Gasteiger partial charge in [0.05, 0.1) is 28.4 Å². The van der Waals surface area contributed by atoms with Crippen molar-refractivity contribution in [1.82, 2.24) is 29.9 Å². The average molecular weight is 716 g/mol. The molecule has 0 saturated carbocycles. The fraction of sp³-hybridized carbons (Fsp3) is 0.270. The van der Waals surface area contributed by atoms with Crippen molar-refractivity contribution in [3.05, 3.63) is 105 Å². The molecule has 0 unspecified atom stereocenters. The minimum Gasteiger partial charge on any atom is -0.481 e. The molecule has 4 heterocycles. The highest BCUT2D eigenvalue weighted by Crippen LogP contribution is 2.42. The number of methoxy groups -OCH3 is 1. The third-order valence-electron chi connectivity index (χ3n) is 9.02. The monoisotopic (exact) mass is 714 g/mol. The molecule has 13 heteroatoms. The number of likely N-dealkylation sites (N-methyl/N-ethyl adjacent to an activating group) is 1. The summed E-state index contributed by atoms with van der Waals surface area (Å²) in [5.74, 6) is -0.409. The fourth-order valence-electron chi connectivity index (χ4n) is 6.03. The van der Waals surface area contributed by atoms with Crippen molar-refractivity contribution in [2.75, 3.05) is 20.7 Å². The van der Waals surface area contributed by atoms with Gasteiger partial charge in [0.2, 0.25) is 11.8 Å². The Morgan fingerprint density at radius 3 is 2.44 bits per heavy atom. The van der Waals surface area contributed by atoms with Crippen molar-refractivity contribution in [1.29, 1.82) is 0 Å². The number of fused-ring (bicyclic) bond motifs is 1. The van der Waals surface area contributed by atoms with Gasteiger partial charge in [-0.3, -0.25) is 23.7 Å². The Labute approximate surface area is 298 Å². The maximum atomic E-state index is 13.2. The first-order valence-electron chi connectivity index (χ1n) is 16.1. The molecule has 0 aliphatic carbocycles. The molecule has 2 atom stereocenters. The summed E-state index contributed by atoms with van der Waals surface area (Å²) in [6.07, 6.45) is 4.51. The third-order valence-corrected chi connectivity index (χ3v) is 9.83. The van der Waals surface area contributed by atoms with E-state index in [1.165, 1.54) is 10.6 Å². The first-order chi connectivity index (χ1) is 24.0. The normalized spacial score (nSPS) is 15.0. The molecule has 2 aromatic carbocycles. The van der Waals surface area contributed by atoms with E-state index in [0.717, 1.165) is 34.2 Å². The number of halogens is 2. The number of carboxylic acid groups (broad SMARTS) is 1. The number of aliphatic carboxylic acids is 1. The molecule has 1 fully saturated rings. The predicted molar refractivity (Wildman–Crippen MR) is 194 cm³/mol. The van der Waals surface area contributed by atoms with Crippen molar-refractivity contribution in [2.45, 2.75) is 44.9 Å². The van der Waals surface area contributed by atoms with Gasteiger partial charge in [-0.2, -0.15) is 0 Å². The zero-order chi connectivity index (χ0) is 35.5. The molecular weight excluding hydrogens is 679 g/mol. The van der Waals surface area contributed by atoms with Gasteiger partial charge in [0, 0.05) is 72.3 Å². The number of carbonyl (C=O) groups excluding carboxylic acids is 1. The highest BCUT2D eigenvalue weighted by molar-refractivity contribution is 6.39. The maximum Gasteiger partial charge on any atom is 0.320 e. The molecule has 5 aromatic rings. The lowest BCUT2D eigenvalue weighted by atomic mass is 9.97. The van der Waals surface area contributed by atoms with Crippen LogP contribution in [0.4, 0.5) is 0 Å². The summed E-state index contributed by atoms with van der Waals surface area (Å²) in [7, 11) is 3.23. The van der Waals surface area contributed by atoms with Gasteiger partial charge in [-0.25, -0.2) is 9.97 Å². The van der Waals surface area contributed by atoms with Crippen LogP contribution < -0.4 is 20.9 Å². The molecular formula is C37H36Cl2N6O5. The van der Waals surface area contributed by atoms with Crippen LogP contribution in [0.2, 0.25) is 10.0 Å². The Morgan fingerprint density at radius 2 is 1.76 bits per heavy atom. The molecule has 0 spiro atoms. The van der Waals surface area contributed by atoms with Gasteiger partial charge >= 0.3 is 5.97 Å². The largest absolute Gasteiger partial charge is 0.481 e. The maximum absolute atomic E-state index is 13.2. The topological polar surface area (TPSA) is 138 Å². The summed E-state index contributed by atoms with van der Waals surface area (Å²) in [4.78, 5) is 47.0. The summed E-state index contributed by atoms with van der Waals surface area (Å²) in [6.45, 7) is 2.90. The highest BCUT2D eigenvalue weighted by Gasteiger charge is 2.22. The summed E-state index contributed by atoms with van der Waals surface area (Å²) >= 11 is 14.1. The zero-order valence-electron chi connectivity index (χ0n) is 27.7. The molecule has 1 saturated heterocycles. The van der Waals surface area contributed by atoms with E-state index in [4.69, 9.17) is 32.9 Å². The lowest BCUT2D eigenvalue weighted by molar-refractivity contribution is -0.142. The number of benzene rings is 2. The van der Waals surface area contributed by atoms with E-state index >= 15 is 0 Å². The molecule has 11 nitrogen and oxygen atoms in total. The first-order valence-corrected chi connectivity index (χ1v) is 16.9. The molecule has 0 radical (unpaired) electrons. The number of amides is 1. The summed E-state index contributed by atoms with van der Waals surface area (Å²) < 4.78 is 7.07. The number of rotatable bonds is 12. The molecule has 6 rings (SSSR count). The van der Waals surface area contributed by atoms with Crippen LogP contribution in [0.25, 0.3) is 39.2 Å². The number of carboxylic acids is 1. The van der Waals surface area contributed by atoms with E-state index < -0.39 is 12.0 Å². The lowest BCUT2D eigenvalue weighted by Crippen LogP contribution is -2.37. The smallest absolute Gasteiger partial charge is 0.320 e. The standard InChI is InChI=1S/C37H36Cl2N6O5/c1-21(37(48)49)44(2)20-24-18-41-31-16-22(14-15-45(31)36(24)47)26-6-4-7-27(33(26)38)28-8-5-9-29(34(28)39)30-12-10-23(35(43-30)50-3)17-40-19-25-11-13-32(46)42-25/h4-10,12,14-16,18,21,25,40H,11,13,17,19-20H2,1-3H3,(H,42,46)(H,48,49)/t21-,25+/m0/s1. The van der Waals surface area contributed by atoms with E-state index in [2.05, 4.69) is 15.6 Å². The van der Waals surface area contributed by atoms with Gasteiger partial charge in [0.1, 0.15) is 11.7 Å². The van der Waals surface area contributed by atoms with Crippen LogP contribution in [0.3, 0.4) is 0 Å². The van der Waals surface area contributed by atoms with Gasteiger partial charge in [-0.15, -0.1) is 0 Å². The molecule has 3 aromatic heterocycles. The summed E-state index contributed by atoms with van der Waals surface area (Å²) in [5, 5.41) is 16.6. The number of nitrogens with one attached hydrogen (secondary N) is 2. The van der Waals surface area contributed by atoms with Crippen LogP contribution in [0, 0.1) is 0 Å². The number of hydrogen-bond donors (Lipinski definition) is 3. The Kier molecular flexibility index (Phi) is 10.5. The minimum absolute atomic E-state index is 0.0853. The molecule has 3 N–H and O–H groups in total. The molecule has 1 amide bonds. The lowest BCUT2D eigenvalue weighted by Gasteiger charge is -2.20. The van der Waals surface area contributed by atoms with Gasteiger partial charge in [-0.1, -0.05) is 65.7 Å². The van der Waals surface area contributed by atoms with Crippen LogP contribution in [-0.4, -0.2) is 69.0 Å². The van der Waals surface area contributed by atoms with Crippen molar-refractivity contribution >= 4 is 40.7 Å². The first kappa shape index (κ1) is 35.0. The zero-order valence-corrected chi connectivity index (χ0v) is 29.3. The van der Waals surface area contributed by atoms with E-state index in [1.54, 1.807) is 44.3 Å². The number of carbonyl (C=O) groups is 2. The molecule has 50 heavy (non-hydrogen) atoms. The Hall–Kier alpha value is -4.81. The Balaban J connectivity index is 1.26. The number of aromatic nitrogens is 3. The molecule has 258 valence electrons. The van der Waals surface area contributed by atoms with E-state index in [0.29, 0.717) is 57.9 Å². The van der Waals surface area contributed by atoms with Crippen LogP contribution in [-0.2, 0) is 22.7 Å². The predicted octanol–water partition coefficient (Wildman–Crippen LogP) is 5.68. The summed E-state index contributed by atoms with van der Waals surface area (Å²) in [5.41, 5.74) is 5.70. The van der Waals surface area contributed by atoms with Crippen molar-refractivity contribution in [3.8, 4) is 39.4 Å². The minimum atomic E-state index is -0.971. The van der Waals surface area contributed by atoms with Gasteiger partial charge in [-0.05, 0) is 44.2 Å². The van der Waals surface area contributed by atoms with E-state index in [1.807, 2.05) is 48.5 Å². The highest BCUT2D eigenvalue weighted by atomic mass is 35.5. The van der Waals surface area contributed by atoms with E-state index in [-0.39, 0.29) is 24.1 Å². The third kappa shape index (κ3) is 7.22. The molecule has 0 bridgehead atoms. The second-order valence-corrected chi connectivity index (χ2v) is 13.1. The molecule has 1 aliphatic rings. The Morgan fingerprint density at radius 1 is 1.06 bits per heavy atom. The SMILES string of the molecule is COc1nc(-c2cccc(-c3cccc(-c4ccn5c(=O)c(CN(C)[C@@H](C)C(=O)O)cnc5c4)c3Cl)c2Cl)ccc1CNC[C@H]1CCC(=O)N1. The fourth-order valence-corrected chi connectivity index (χ4v) is 6.69.